The van der Waals surface area contributed by atoms with Gasteiger partial charge in [-0.05, 0) is 84.6 Å². The quantitative estimate of drug-likeness (QED) is 0.615. The Hall–Kier alpha value is -0.420. The molecule has 0 aliphatic carbocycles. The first-order valence-corrected chi connectivity index (χ1v) is 5.87. The normalized spacial score (nSPS) is 8.22. The maximum atomic E-state index is 3.00. The van der Waals surface area contributed by atoms with Gasteiger partial charge in [0, 0.05) is 0 Å². The van der Waals surface area contributed by atoms with E-state index in [0.717, 1.165) is 0 Å². The molecule has 0 radical (unpaired) electrons. The highest BCUT2D eigenvalue weighted by Crippen LogP contribution is 1.48. The van der Waals surface area contributed by atoms with Gasteiger partial charge in [-0.15, -0.1) is 13.2 Å². The first kappa shape index (κ1) is 30.5. The van der Waals surface area contributed by atoms with Crippen LogP contribution in [-0.2, 0) is 0 Å². The van der Waals surface area contributed by atoms with Gasteiger partial charge in [-0.3, -0.25) is 0 Å². The summed E-state index contributed by atoms with van der Waals surface area (Å²) in [6.07, 6.45) is 0. The summed E-state index contributed by atoms with van der Waals surface area (Å²) < 4.78 is 0. The topological polar surface area (TPSA) is 13.0 Å². The third-order valence-corrected chi connectivity index (χ3v) is 0. The standard InChI is InChI=1S/4C3H9N.C2H4/c4*1-4(2)3;1-2/h4*1-3H3;1-2H2. The summed E-state index contributed by atoms with van der Waals surface area (Å²) >= 11 is 0. The van der Waals surface area contributed by atoms with E-state index < -0.39 is 0 Å². The highest BCUT2D eigenvalue weighted by Gasteiger charge is 1.59. The third kappa shape index (κ3) is 18800. The van der Waals surface area contributed by atoms with Crippen molar-refractivity contribution in [1.82, 2.24) is 19.6 Å². The van der Waals surface area contributed by atoms with Crippen LogP contribution >= 0.6 is 0 Å². The van der Waals surface area contributed by atoms with Crippen LogP contribution in [0.2, 0.25) is 0 Å². The van der Waals surface area contributed by atoms with Gasteiger partial charge in [-0.1, -0.05) is 0 Å². The molecule has 0 aliphatic rings. The van der Waals surface area contributed by atoms with Gasteiger partial charge < -0.3 is 19.6 Å². The van der Waals surface area contributed by atoms with Crippen molar-refractivity contribution in [3.63, 3.8) is 0 Å². The summed E-state index contributed by atoms with van der Waals surface area (Å²) in [6, 6.07) is 0. The molecule has 0 N–H and O–H groups in total. The van der Waals surface area contributed by atoms with E-state index in [9.17, 15) is 0 Å². The van der Waals surface area contributed by atoms with Crippen LogP contribution in [0.25, 0.3) is 0 Å². The monoisotopic (exact) mass is 264 g/mol. The largest absolute Gasteiger partial charge is 0.312 e. The van der Waals surface area contributed by atoms with Crippen LogP contribution in [0.4, 0.5) is 0 Å². The average molecular weight is 265 g/mol. The summed E-state index contributed by atoms with van der Waals surface area (Å²) in [4.78, 5) is 8.00. The van der Waals surface area contributed by atoms with E-state index in [1.807, 2.05) is 104 Å². The van der Waals surface area contributed by atoms with Crippen LogP contribution < -0.4 is 0 Å². The first-order chi connectivity index (χ1) is 7.93. The van der Waals surface area contributed by atoms with Crippen molar-refractivity contribution >= 4 is 0 Å². The molecule has 0 unspecified atom stereocenters. The minimum absolute atomic E-state index is 2.00. The molecule has 18 heavy (non-hydrogen) atoms. The number of hydrogen-bond donors (Lipinski definition) is 0. The van der Waals surface area contributed by atoms with Gasteiger partial charge in [0.25, 0.3) is 0 Å². The molecule has 0 aromatic rings. The van der Waals surface area contributed by atoms with Gasteiger partial charge in [0.05, 0.1) is 0 Å². The van der Waals surface area contributed by atoms with Gasteiger partial charge in [-0.25, -0.2) is 0 Å². The fourth-order valence-corrected chi connectivity index (χ4v) is 0. The lowest BCUT2D eigenvalue weighted by Gasteiger charge is -1.90. The maximum absolute atomic E-state index is 3.00. The van der Waals surface area contributed by atoms with Crippen LogP contribution in [0.15, 0.2) is 13.2 Å². The molecule has 4 nitrogen and oxygen atoms in total. The second-order valence-corrected chi connectivity index (χ2v) is 5.37. The minimum atomic E-state index is 2.00. The van der Waals surface area contributed by atoms with Crippen molar-refractivity contribution in [2.75, 3.05) is 84.6 Å². The summed E-state index contributed by atoms with van der Waals surface area (Å²) in [7, 11) is 24.0. The van der Waals surface area contributed by atoms with Crippen molar-refractivity contribution < 1.29 is 0 Å². The maximum Gasteiger partial charge on any atom is -0.0140 e. The molecule has 0 spiro atoms. The Morgan fingerprint density at radius 3 is 0.333 bits per heavy atom. The Morgan fingerprint density at radius 2 is 0.333 bits per heavy atom. The first-order valence-electron chi connectivity index (χ1n) is 5.87. The number of nitrogens with zero attached hydrogens (tertiary/aromatic N) is 4. The highest BCUT2D eigenvalue weighted by atomic mass is 15.0. The second kappa shape index (κ2) is 30.0. The molecule has 0 aliphatic heterocycles. The van der Waals surface area contributed by atoms with Gasteiger partial charge in [0.2, 0.25) is 0 Å². The van der Waals surface area contributed by atoms with Gasteiger partial charge in [0.1, 0.15) is 0 Å². The predicted octanol–water partition coefficient (Wildman–Crippen LogP) is 1.51. The van der Waals surface area contributed by atoms with Gasteiger partial charge in [0.15, 0.2) is 0 Å². The Labute approximate surface area is 118 Å². The second-order valence-electron chi connectivity index (χ2n) is 5.37. The molecule has 0 bridgehead atoms. The van der Waals surface area contributed by atoms with E-state index >= 15 is 0 Å². The van der Waals surface area contributed by atoms with Crippen molar-refractivity contribution in [1.29, 1.82) is 0 Å². The lowest BCUT2D eigenvalue weighted by Crippen LogP contribution is -1.99. The smallest absolute Gasteiger partial charge is 0.0140 e. The molecule has 0 saturated carbocycles. The Balaban J connectivity index is -0.0000000399. The third-order valence-electron chi connectivity index (χ3n) is 0. The molecule has 0 aromatic heterocycles. The van der Waals surface area contributed by atoms with Crippen LogP contribution in [0, 0.1) is 0 Å². The molecular formula is C14H40N4. The molecule has 0 amide bonds. The Bertz CT molecular complexity index is 66.9. The van der Waals surface area contributed by atoms with Crippen LogP contribution in [-0.4, -0.2) is 104 Å². The summed E-state index contributed by atoms with van der Waals surface area (Å²) in [5.41, 5.74) is 0. The average Bonchev–Trinajstić information content (AvgIpc) is 2.01. The molecule has 0 heterocycles. The molecule has 0 fully saturated rings. The lowest BCUT2D eigenvalue weighted by atomic mass is 11.0. The predicted molar refractivity (Wildman–Crippen MR) is 89.7 cm³/mol. The number of rotatable bonds is 0. The molecule has 116 valence electrons. The Morgan fingerprint density at radius 1 is 0.333 bits per heavy atom. The zero-order valence-corrected chi connectivity index (χ0v) is 15.2. The van der Waals surface area contributed by atoms with E-state index in [-0.39, 0.29) is 0 Å². The summed E-state index contributed by atoms with van der Waals surface area (Å²) in [5.74, 6) is 0. The van der Waals surface area contributed by atoms with E-state index in [0.29, 0.717) is 0 Å². The Kier molecular flexibility index (Phi) is 50.9. The molecule has 0 atom stereocenters. The van der Waals surface area contributed by atoms with E-state index in [1.165, 1.54) is 0 Å². The van der Waals surface area contributed by atoms with Gasteiger partial charge in [-0.2, -0.15) is 0 Å². The summed E-state index contributed by atoms with van der Waals surface area (Å²) in [5, 5.41) is 0. The van der Waals surface area contributed by atoms with E-state index in [1.54, 1.807) is 0 Å². The van der Waals surface area contributed by atoms with E-state index in [4.69, 9.17) is 0 Å². The van der Waals surface area contributed by atoms with Crippen LogP contribution in [0.5, 0.6) is 0 Å². The summed E-state index contributed by atoms with van der Waals surface area (Å²) in [6.45, 7) is 6.00. The number of hydrogen-bond acceptors (Lipinski definition) is 4. The van der Waals surface area contributed by atoms with Crippen molar-refractivity contribution in [3.8, 4) is 0 Å². The fraction of sp³-hybridized carbons (Fsp3) is 0.857. The lowest BCUT2D eigenvalue weighted by molar-refractivity contribution is 0.505. The molecule has 0 aromatic carbocycles. The molecule has 0 saturated heterocycles. The molecule has 0 rings (SSSR count). The van der Waals surface area contributed by atoms with E-state index in [2.05, 4.69) is 13.2 Å². The highest BCUT2D eigenvalue weighted by molar-refractivity contribution is 4.22. The molecular weight excluding hydrogens is 224 g/mol. The van der Waals surface area contributed by atoms with Crippen molar-refractivity contribution in [3.05, 3.63) is 13.2 Å². The fourth-order valence-electron chi connectivity index (χ4n) is 0. The van der Waals surface area contributed by atoms with Crippen LogP contribution in [0.3, 0.4) is 0 Å². The zero-order valence-electron chi connectivity index (χ0n) is 15.2. The molecule has 4 heteroatoms. The SMILES string of the molecule is C=C.CN(C)C.CN(C)C.CN(C)C.CN(C)C. The zero-order chi connectivity index (χ0) is 16.3. The minimum Gasteiger partial charge on any atom is -0.312 e. The van der Waals surface area contributed by atoms with Crippen molar-refractivity contribution in [2.24, 2.45) is 0 Å². The van der Waals surface area contributed by atoms with Crippen molar-refractivity contribution in [2.45, 2.75) is 0 Å². The van der Waals surface area contributed by atoms with Crippen LogP contribution in [0.1, 0.15) is 0 Å². The van der Waals surface area contributed by atoms with Gasteiger partial charge >= 0.3 is 0 Å².